The Kier molecular flexibility index (Phi) is 4.17. The second-order valence-corrected chi connectivity index (χ2v) is 4.81. The van der Waals surface area contributed by atoms with Crippen LogP contribution in [-0.2, 0) is 5.75 Å². The van der Waals surface area contributed by atoms with E-state index in [1.54, 1.807) is 28.4 Å². The fraction of sp³-hybridized carbons (Fsp3) is 0.333. The summed E-state index contributed by atoms with van der Waals surface area (Å²) in [5.41, 5.74) is 6.94. The highest BCUT2D eigenvalue weighted by Crippen LogP contribution is 2.10. The molecule has 2 rings (SSSR count). The van der Waals surface area contributed by atoms with Gasteiger partial charge in [0.1, 0.15) is 5.65 Å². The Bertz CT molecular complexity index is 553. The van der Waals surface area contributed by atoms with Crippen molar-refractivity contribution in [3.8, 4) is 0 Å². The van der Waals surface area contributed by atoms with Crippen LogP contribution in [0, 0.1) is 0 Å². The quantitative estimate of drug-likeness (QED) is 0.811. The van der Waals surface area contributed by atoms with Gasteiger partial charge in [-0.1, -0.05) is 6.07 Å². The van der Waals surface area contributed by atoms with Gasteiger partial charge in [-0.05, 0) is 30.9 Å². The minimum Gasteiger partial charge on any atom is -0.330 e. The molecule has 0 aliphatic rings. The van der Waals surface area contributed by atoms with Gasteiger partial charge in [-0.25, -0.2) is 4.98 Å². The van der Waals surface area contributed by atoms with Crippen molar-refractivity contribution in [1.29, 1.82) is 0 Å². The van der Waals surface area contributed by atoms with Crippen molar-refractivity contribution in [3.63, 3.8) is 0 Å². The first kappa shape index (κ1) is 12.1. The SMILES string of the molecule is NCCCSCc1cc(=O)n2ccccc2n1. The molecule has 0 spiro atoms. The maximum Gasteiger partial charge on any atom is 0.258 e. The summed E-state index contributed by atoms with van der Waals surface area (Å²) in [6.45, 7) is 0.709. The zero-order valence-corrected chi connectivity index (χ0v) is 10.3. The molecule has 0 fully saturated rings. The molecular formula is C12H15N3OS. The van der Waals surface area contributed by atoms with Gasteiger partial charge in [-0.2, -0.15) is 11.8 Å². The smallest absolute Gasteiger partial charge is 0.258 e. The summed E-state index contributed by atoms with van der Waals surface area (Å²) in [6.07, 6.45) is 2.73. The maximum absolute atomic E-state index is 11.8. The lowest BCUT2D eigenvalue weighted by Crippen LogP contribution is -2.14. The number of rotatable bonds is 5. The van der Waals surface area contributed by atoms with Crippen molar-refractivity contribution >= 4 is 17.4 Å². The molecule has 0 radical (unpaired) electrons. The number of pyridine rings is 1. The molecule has 0 saturated carbocycles. The van der Waals surface area contributed by atoms with Gasteiger partial charge in [0, 0.05) is 18.0 Å². The maximum atomic E-state index is 11.8. The average molecular weight is 249 g/mol. The molecule has 0 saturated heterocycles. The van der Waals surface area contributed by atoms with E-state index >= 15 is 0 Å². The molecule has 2 aromatic rings. The fourth-order valence-corrected chi connectivity index (χ4v) is 2.41. The van der Waals surface area contributed by atoms with Crippen molar-refractivity contribution in [3.05, 3.63) is 46.5 Å². The topological polar surface area (TPSA) is 60.4 Å². The zero-order chi connectivity index (χ0) is 12.1. The predicted octanol–water partition coefficient (Wildman–Crippen LogP) is 1.28. The van der Waals surface area contributed by atoms with Crippen molar-refractivity contribution in [1.82, 2.24) is 9.38 Å². The third kappa shape index (κ3) is 3.08. The van der Waals surface area contributed by atoms with Gasteiger partial charge in [0.25, 0.3) is 5.56 Å². The summed E-state index contributed by atoms with van der Waals surface area (Å²) >= 11 is 1.76. The standard InChI is InChI=1S/C12H15N3OS/c13-5-3-7-17-9-10-8-12(16)15-6-2-1-4-11(15)14-10/h1-2,4,6,8H,3,5,7,9,13H2. The van der Waals surface area contributed by atoms with Gasteiger partial charge in [0.2, 0.25) is 0 Å². The monoisotopic (exact) mass is 249 g/mol. The molecule has 0 atom stereocenters. The Morgan fingerprint density at radius 3 is 3.12 bits per heavy atom. The first-order chi connectivity index (χ1) is 8.31. The Morgan fingerprint density at radius 2 is 2.29 bits per heavy atom. The molecular weight excluding hydrogens is 234 g/mol. The predicted molar refractivity (Wildman–Crippen MR) is 71.3 cm³/mol. The summed E-state index contributed by atoms with van der Waals surface area (Å²) in [5, 5.41) is 0. The third-order valence-electron chi connectivity index (χ3n) is 2.37. The van der Waals surface area contributed by atoms with Gasteiger partial charge in [-0.3, -0.25) is 9.20 Å². The summed E-state index contributed by atoms with van der Waals surface area (Å²) < 4.78 is 1.55. The van der Waals surface area contributed by atoms with Crippen LogP contribution >= 0.6 is 11.8 Å². The molecule has 4 nitrogen and oxygen atoms in total. The van der Waals surface area contributed by atoms with Crippen LogP contribution in [0.2, 0.25) is 0 Å². The Hall–Kier alpha value is -1.33. The molecule has 0 amide bonds. The van der Waals surface area contributed by atoms with Crippen LogP contribution in [0.4, 0.5) is 0 Å². The number of thioether (sulfide) groups is 1. The highest BCUT2D eigenvalue weighted by atomic mass is 32.2. The largest absolute Gasteiger partial charge is 0.330 e. The van der Waals surface area contributed by atoms with Crippen LogP contribution < -0.4 is 11.3 Å². The van der Waals surface area contributed by atoms with Gasteiger partial charge >= 0.3 is 0 Å². The van der Waals surface area contributed by atoms with Crippen LogP contribution in [-0.4, -0.2) is 21.7 Å². The summed E-state index contributed by atoms with van der Waals surface area (Å²) in [6, 6.07) is 7.15. The van der Waals surface area contributed by atoms with E-state index in [1.807, 2.05) is 18.2 Å². The molecule has 0 aromatic carbocycles. The number of nitrogens with two attached hydrogens (primary N) is 1. The number of aromatic nitrogens is 2. The first-order valence-corrected chi connectivity index (χ1v) is 6.72. The van der Waals surface area contributed by atoms with Gasteiger partial charge < -0.3 is 5.73 Å². The van der Waals surface area contributed by atoms with E-state index in [4.69, 9.17) is 5.73 Å². The summed E-state index contributed by atoms with van der Waals surface area (Å²) in [4.78, 5) is 16.2. The van der Waals surface area contributed by atoms with Crippen LogP contribution in [0.3, 0.4) is 0 Å². The molecule has 0 aliphatic carbocycles. The van der Waals surface area contributed by atoms with E-state index in [-0.39, 0.29) is 5.56 Å². The molecule has 2 N–H and O–H groups in total. The summed E-state index contributed by atoms with van der Waals surface area (Å²) in [5.74, 6) is 1.77. The fourth-order valence-electron chi connectivity index (χ4n) is 1.54. The number of fused-ring (bicyclic) bond motifs is 1. The molecule has 2 heterocycles. The minimum absolute atomic E-state index is 0.0231. The van der Waals surface area contributed by atoms with Crippen molar-refractivity contribution in [2.45, 2.75) is 12.2 Å². The molecule has 2 aromatic heterocycles. The average Bonchev–Trinajstić information content (AvgIpc) is 2.35. The van der Waals surface area contributed by atoms with Crippen LogP contribution in [0.25, 0.3) is 5.65 Å². The van der Waals surface area contributed by atoms with E-state index in [2.05, 4.69) is 4.98 Å². The van der Waals surface area contributed by atoms with E-state index in [0.29, 0.717) is 12.2 Å². The molecule has 90 valence electrons. The summed E-state index contributed by atoms with van der Waals surface area (Å²) in [7, 11) is 0. The van der Waals surface area contributed by atoms with Crippen molar-refractivity contribution in [2.75, 3.05) is 12.3 Å². The zero-order valence-electron chi connectivity index (χ0n) is 9.50. The molecule has 5 heteroatoms. The second kappa shape index (κ2) is 5.84. The minimum atomic E-state index is -0.0231. The van der Waals surface area contributed by atoms with E-state index in [1.165, 1.54) is 0 Å². The number of hydrogen-bond donors (Lipinski definition) is 1. The molecule has 0 unspecified atom stereocenters. The van der Waals surface area contributed by atoms with E-state index in [0.717, 1.165) is 23.6 Å². The van der Waals surface area contributed by atoms with Crippen LogP contribution in [0.15, 0.2) is 35.3 Å². The lowest BCUT2D eigenvalue weighted by Gasteiger charge is -2.03. The lowest BCUT2D eigenvalue weighted by atomic mass is 10.4. The first-order valence-electron chi connectivity index (χ1n) is 5.56. The second-order valence-electron chi connectivity index (χ2n) is 3.71. The molecule has 0 aliphatic heterocycles. The van der Waals surface area contributed by atoms with Crippen molar-refractivity contribution in [2.24, 2.45) is 5.73 Å². The molecule has 17 heavy (non-hydrogen) atoms. The Labute approximate surface area is 104 Å². The van der Waals surface area contributed by atoms with Gasteiger partial charge in [-0.15, -0.1) is 0 Å². The van der Waals surface area contributed by atoms with Crippen LogP contribution in [0.1, 0.15) is 12.1 Å². The molecule has 0 bridgehead atoms. The number of nitrogens with zero attached hydrogens (tertiary/aromatic N) is 2. The third-order valence-corrected chi connectivity index (χ3v) is 3.44. The lowest BCUT2D eigenvalue weighted by molar-refractivity contribution is 0.941. The van der Waals surface area contributed by atoms with E-state index in [9.17, 15) is 4.79 Å². The van der Waals surface area contributed by atoms with Gasteiger partial charge in [0.05, 0.1) is 5.69 Å². The Balaban J connectivity index is 2.16. The number of hydrogen-bond acceptors (Lipinski definition) is 4. The highest BCUT2D eigenvalue weighted by molar-refractivity contribution is 7.98. The van der Waals surface area contributed by atoms with Crippen LogP contribution in [0.5, 0.6) is 0 Å². The van der Waals surface area contributed by atoms with Crippen molar-refractivity contribution < 1.29 is 0 Å². The van der Waals surface area contributed by atoms with E-state index < -0.39 is 0 Å². The normalized spacial score (nSPS) is 10.9. The van der Waals surface area contributed by atoms with Gasteiger partial charge in [0.15, 0.2) is 0 Å². The Morgan fingerprint density at radius 1 is 1.41 bits per heavy atom. The highest BCUT2D eigenvalue weighted by Gasteiger charge is 2.01.